The van der Waals surface area contributed by atoms with Crippen LogP contribution in [0.25, 0.3) is 0 Å². The Bertz CT molecular complexity index is 1440. The van der Waals surface area contributed by atoms with E-state index in [1.165, 1.54) is 18.9 Å². The Morgan fingerprint density at radius 3 is 2.18 bits per heavy atom. The van der Waals surface area contributed by atoms with Crippen LogP contribution < -0.4 is 11.1 Å². The highest BCUT2D eigenvalue weighted by atomic mass is 16.7. The number of ether oxygens (including phenoxy) is 6. The Kier molecular flexibility index (Phi) is 17.5. The average Bonchev–Trinajstić information content (AvgIpc) is 3.19. The molecule has 4 heterocycles. The molecule has 18 heteroatoms. The maximum absolute atomic E-state index is 14.4. The summed E-state index contributed by atoms with van der Waals surface area (Å²) >= 11 is 0. The van der Waals surface area contributed by atoms with Crippen molar-refractivity contribution in [3.05, 3.63) is 0 Å². The van der Waals surface area contributed by atoms with Gasteiger partial charge in [0.2, 0.25) is 0 Å². The van der Waals surface area contributed by atoms with Crippen molar-refractivity contribution in [3.63, 3.8) is 0 Å². The molecule has 0 aliphatic carbocycles. The van der Waals surface area contributed by atoms with Crippen molar-refractivity contribution in [1.82, 2.24) is 20.0 Å². The number of β-amino-alcohol motifs (C(OH)–C–C–N with tert-alkyl or cyclic N) is 1. The monoisotopic (exact) mass is 876 g/mol. The Morgan fingerprint density at radius 2 is 1.61 bits per heavy atom. The van der Waals surface area contributed by atoms with Gasteiger partial charge < -0.3 is 74.8 Å². The van der Waals surface area contributed by atoms with Gasteiger partial charge in [0.1, 0.15) is 35.1 Å². The number of nitrogens with one attached hydrogen (secondary N) is 1. The number of hydrogen-bond donors (Lipinski definition) is 7. The van der Waals surface area contributed by atoms with Crippen molar-refractivity contribution in [2.24, 2.45) is 23.5 Å². The van der Waals surface area contributed by atoms with Gasteiger partial charge in [0.05, 0.1) is 42.0 Å². The first-order valence-corrected chi connectivity index (χ1v) is 22.3. The summed E-state index contributed by atoms with van der Waals surface area (Å²) in [5, 5.41) is 63.2. The molecular formula is C43H81N5O13. The summed E-state index contributed by atoms with van der Waals surface area (Å²) in [6, 6.07) is -2.14. The van der Waals surface area contributed by atoms with Gasteiger partial charge >= 0.3 is 12.0 Å². The minimum absolute atomic E-state index is 0.0627. The van der Waals surface area contributed by atoms with Crippen LogP contribution in [0.2, 0.25) is 0 Å². The molecule has 0 bridgehead atoms. The number of methoxy groups -OCH3 is 1. The number of aliphatic hydroxyl groups is 5. The molecule has 0 radical (unpaired) electrons. The Balaban J connectivity index is 1.79. The predicted octanol–water partition coefficient (Wildman–Crippen LogP) is 0.625. The SMILES string of the molecule is CC[C@H]1OC(=O)[C@H](C)[C@@H](O[C@H]2C[C@@](C)(OC)[C@](O)(CN3CCN(C)CC3)[C@H](C)O2)[C@H](C)[C@@H](O[C@@H]2O[C@H](C)C[C@H](N(C)C(N)=O)[C@H]2O)[C@](C)(O)C[C@@H](C)CN[C@H](C)[C@@H](O)[C@]1(C)O. The van der Waals surface area contributed by atoms with E-state index in [1.807, 2.05) is 13.8 Å². The van der Waals surface area contributed by atoms with Gasteiger partial charge in [-0.2, -0.15) is 0 Å². The van der Waals surface area contributed by atoms with E-state index in [0.29, 0.717) is 13.1 Å². The van der Waals surface area contributed by atoms with E-state index in [2.05, 4.69) is 22.2 Å². The fourth-order valence-electron chi connectivity index (χ4n) is 10.1. The smallest absolute Gasteiger partial charge is 0.314 e. The number of nitrogens with two attached hydrogens (primary N) is 1. The van der Waals surface area contributed by atoms with Gasteiger partial charge in [-0.05, 0) is 87.2 Å². The normalized spacial score (nSPS) is 46.9. The van der Waals surface area contributed by atoms with Crippen LogP contribution in [0, 0.1) is 17.8 Å². The zero-order chi connectivity index (χ0) is 46.0. The van der Waals surface area contributed by atoms with Gasteiger partial charge in [0, 0.05) is 65.3 Å². The maximum Gasteiger partial charge on any atom is 0.314 e. The van der Waals surface area contributed by atoms with Crippen molar-refractivity contribution < 1.29 is 63.5 Å². The van der Waals surface area contributed by atoms with E-state index in [0.717, 1.165) is 26.2 Å². The van der Waals surface area contributed by atoms with Gasteiger partial charge in [-0.15, -0.1) is 0 Å². The highest BCUT2D eigenvalue weighted by molar-refractivity contribution is 5.73. The molecule has 0 aromatic heterocycles. The number of aliphatic hydroxyl groups excluding tert-OH is 2. The molecule has 4 fully saturated rings. The molecule has 61 heavy (non-hydrogen) atoms. The van der Waals surface area contributed by atoms with Crippen LogP contribution >= 0.6 is 0 Å². The molecule has 356 valence electrons. The lowest BCUT2D eigenvalue weighted by Crippen LogP contribution is -2.71. The number of primary amides is 1. The van der Waals surface area contributed by atoms with Gasteiger partial charge in [0.25, 0.3) is 0 Å². The standard InChI is InChI=1S/C43H81N5O13/c1-14-31-42(10,54)35(50)28(6)45-22-24(2)20-40(8,53)36(61-38-33(49)30(19-25(3)57-38)47(12)39(44)52)26(4)34(27(5)37(51)59-31)60-32-21-41(9,56-13)43(55,29(7)58-32)23-48-17-15-46(11)16-18-48/h24-36,38,45,49-50,53-55H,14-23H2,1-13H3,(H2,44,52)/t24-,25-,26+,27-,28-,29+,30+,31-,32+,33-,34+,35-,36-,38+,40-,41-,42-,43+/m1/s1. The lowest BCUT2D eigenvalue weighted by Gasteiger charge is -2.55. The summed E-state index contributed by atoms with van der Waals surface area (Å²) in [6.07, 6.45) is -9.14. The third-order valence-electron chi connectivity index (χ3n) is 14.4. The summed E-state index contributed by atoms with van der Waals surface area (Å²) in [5.41, 5.74) is -0.523. The second-order valence-electron chi connectivity index (χ2n) is 19.6. The first-order chi connectivity index (χ1) is 28.2. The van der Waals surface area contributed by atoms with E-state index < -0.39 is 114 Å². The number of carbonyl (C=O) groups excluding carboxylic acids is 2. The molecule has 8 N–H and O–H groups in total. The average molecular weight is 876 g/mol. The lowest BCUT2D eigenvalue weighted by molar-refractivity contribution is -0.339. The third kappa shape index (κ3) is 11.6. The first-order valence-electron chi connectivity index (χ1n) is 22.3. The first kappa shape index (κ1) is 51.9. The molecule has 0 spiro atoms. The number of cyclic esters (lactones) is 1. The Hall–Kier alpha value is -1.78. The lowest BCUT2D eigenvalue weighted by atomic mass is 9.74. The topological polar surface area (TPSA) is 238 Å². The van der Waals surface area contributed by atoms with Crippen molar-refractivity contribution in [2.75, 3.05) is 60.5 Å². The minimum atomic E-state index is -1.85. The summed E-state index contributed by atoms with van der Waals surface area (Å²) < 4.78 is 38.5. The number of nitrogens with zero attached hydrogens (tertiary/aromatic N) is 3. The summed E-state index contributed by atoms with van der Waals surface area (Å²) in [4.78, 5) is 32.4. The highest BCUT2D eigenvalue weighted by Crippen LogP contribution is 2.44. The largest absolute Gasteiger partial charge is 0.459 e. The van der Waals surface area contributed by atoms with Crippen LogP contribution in [0.4, 0.5) is 4.79 Å². The van der Waals surface area contributed by atoms with E-state index in [1.54, 1.807) is 55.6 Å². The van der Waals surface area contributed by atoms with Gasteiger partial charge in [-0.3, -0.25) is 9.69 Å². The van der Waals surface area contributed by atoms with Crippen LogP contribution in [0.3, 0.4) is 0 Å². The molecule has 0 aromatic carbocycles. The molecule has 4 rings (SSSR count). The van der Waals surface area contributed by atoms with Crippen molar-refractivity contribution in [3.8, 4) is 0 Å². The van der Waals surface area contributed by atoms with E-state index >= 15 is 0 Å². The van der Waals surface area contributed by atoms with E-state index in [-0.39, 0.29) is 31.6 Å². The summed E-state index contributed by atoms with van der Waals surface area (Å²) in [7, 11) is 5.10. The number of amides is 2. The quantitative estimate of drug-likeness (QED) is 0.157. The van der Waals surface area contributed by atoms with Gasteiger partial charge in [-0.25, -0.2) is 4.79 Å². The number of piperazine rings is 1. The van der Waals surface area contributed by atoms with Crippen LogP contribution in [0.1, 0.15) is 94.9 Å². The molecule has 4 aliphatic heterocycles. The zero-order valence-electron chi connectivity index (χ0n) is 39.1. The molecule has 0 saturated carbocycles. The highest BCUT2D eigenvalue weighted by Gasteiger charge is 2.59. The maximum atomic E-state index is 14.4. The van der Waals surface area contributed by atoms with Gasteiger partial charge in [0.15, 0.2) is 12.6 Å². The third-order valence-corrected chi connectivity index (χ3v) is 14.4. The van der Waals surface area contributed by atoms with Gasteiger partial charge in [-0.1, -0.05) is 20.8 Å². The number of hydrogen-bond acceptors (Lipinski definition) is 16. The van der Waals surface area contributed by atoms with Crippen LogP contribution in [0.15, 0.2) is 0 Å². The number of likely N-dealkylation sites (N-methyl/N-ethyl adjacent to an activating group) is 2. The fraction of sp³-hybridized carbons (Fsp3) is 0.953. The Morgan fingerprint density at radius 1 is 0.984 bits per heavy atom. The molecule has 4 aliphatic rings. The van der Waals surface area contributed by atoms with Crippen LogP contribution in [-0.4, -0.2) is 203 Å². The predicted molar refractivity (Wildman–Crippen MR) is 226 cm³/mol. The zero-order valence-corrected chi connectivity index (χ0v) is 39.1. The van der Waals surface area contributed by atoms with Crippen LogP contribution in [-0.2, 0) is 33.2 Å². The van der Waals surface area contributed by atoms with Crippen molar-refractivity contribution in [1.29, 1.82) is 0 Å². The van der Waals surface area contributed by atoms with E-state index in [9.17, 15) is 35.1 Å². The van der Waals surface area contributed by atoms with E-state index in [4.69, 9.17) is 34.2 Å². The number of esters is 1. The molecule has 18 nitrogen and oxygen atoms in total. The molecule has 0 unspecified atom stereocenters. The number of urea groups is 1. The summed E-state index contributed by atoms with van der Waals surface area (Å²) in [5.74, 6) is -2.94. The second kappa shape index (κ2) is 20.6. The number of carbonyl (C=O) groups is 2. The minimum Gasteiger partial charge on any atom is -0.459 e. The van der Waals surface area contributed by atoms with Crippen molar-refractivity contribution >= 4 is 12.0 Å². The van der Waals surface area contributed by atoms with Crippen LogP contribution in [0.5, 0.6) is 0 Å². The fourth-order valence-corrected chi connectivity index (χ4v) is 10.1. The molecule has 18 atom stereocenters. The molecule has 4 saturated heterocycles. The summed E-state index contributed by atoms with van der Waals surface area (Å²) in [6.45, 7) is 21.1. The molecule has 0 aromatic rings. The van der Waals surface area contributed by atoms with Crippen molar-refractivity contribution in [2.45, 2.75) is 185 Å². The second-order valence-corrected chi connectivity index (χ2v) is 19.6. The Labute approximate surface area is 363 Å². The number of rotatable bonds is 9. The molecular weight excluding hydrogens is 794 g/mol. The molecule has 2 amide bonds.